The third-order valence-corrected chi connectivity index (χ3v) is 1.84. The summed E-state index contributed by atoms with van der Waals surface area (Å²) in [6.45, 7) is 0.133. The second-order valence-electron chi connectivity index (χ2n) is 2.92. The molecule has 0 spiro atoms. The van der Waals surface area contributed by atoms with Crippen LogP contribution in [-0.4, -0.2) is 33.0 Å². The van der Waals surface area contributed by atoms with Gasteiger partial charge < -0.3 is 25.6 Å². The molecule has 1 aromatic rings. The minimum atomic E-state index is -0.866. The van der Waals surface area contributed by atoms with Gasteiger partial charge in [-0.05, 0) is 17.7 Å². The van der Waals surface area contributed by atoms with Crippen LogP contribution >= 0.6 is 0 Å². The fourth-order valence-electron chi connectivity index (χ4n) is 1.07. The molecule has 0 aromatic heterocycles. The normalized spacial score (nSPS) is 11.5. The van der Waals surface area contributed by atoms with E-state index in [0.717, 1.165) is 6.34 Å². The summed E-state index contributed by atoms with van der Waals surface area (Å²) < 4.78 is 0. The Balaban J connectivity index is 2.69. The molecule has 15 heavy (non-hydrogen) atoms. The molecule has 0 saturated heterocycles. The van der Waals surface area contributed by atoms with Gasteiger partial charge in [-0.3, -0.25) is 5.32 Å². The van der Waals surface area contributed by atoms with Crippen molar-refractivity contribution in [3.05, 3.63) is 29.3 Å². The Kier molecular flexibility index (Phi) is 3.68. The Bertz CT molecular complexity index is 388. The van der Waals surface area contributed by atoms with Gasteiger partial charge in [-0.1, -0.05) is 6.07 Å². The van der Waals surface area contributed by atoms with Gasteiger partial charge in [0.2, 0.25) is 0 Å². The molecule has 0 fully saturated rings. The molecule has 0 radical (unpaired) electrons. The van der Waals surface area contributed by atoms with Crippen LogP contribution in [-0.2, 0) is 0 Å². The zero-order chi connectivity index (χ0) is 11.3. The maximum atomic E-state index is 9.56. The van der Waals surface area contributed by atoms with E-state index in [1.165, 1.54) is 18.2 Å². The average Bonchev–Trinajstić information content (AvgIpc) is 2.22. The number of nitrogens with one attached hydrogen (secondary N) is 1. The van der Waals surface area contributed by atoms with Gasteiger partial charge in [0.05, 0.1) is 0 Å². The van der Waals surface area contributed by atoms with Gasteiger partial charge in [0, 0.05) is 0 Å². The van der Waals surface area contributed by atoms with Crippen molar-refractivity contribution in [3.63, 3.8) is 0 Å². The molecule has 0 heterocycles. The first-order valence-corrected chi connectivity index (χ1v) is 4.24. The first-order valence-electron chi connectivity index (χ1n) is 4.24. The topological polar surface area (TPSA) is 109 Å². The van der Waals surface area contributed by atoms with Gasteiger partial charge in [0.15, 0.2) is 11.5 Å². The molecule has 1 atom stereocenters. The summed E-state index contributed by atoms with van der Waals surface area (Å²) >= 11 is 0. The van der Waals surface area contributed by atoms with Crippen LogP contribution in [0.3, 0.4) is 0 Å². The highest BCUT2D eigenvalue weighted by atomic mass is 16.3. The lowest BCUT2D eigenvalue weighted by Crippen LogP contribution is -2.20. The Morgan fingerprint density at radius 1 is 1.40 bits per heavy atom. The summed E-state index contributed by atoms with van der Waals surface area (Å²) in [7, 11) is 0. The number of phenols is 2. The first kappa shape index (κ1) is 11.0. The van der Waals surface area contributed by atoms with E-state index in [-0.39, 0.29) is 18.0 Å². The molecule has 6 heteroatoms. The quantitative estimate of drug-likeness (QED) is 0.184. The Morgan fingerprint density at radius 3 is 2.73 bits per heavy atom. The molecular formula is C9H11N3O3. The van der Waals surface area contributed by atoms with Crippen LogP contribution in [0.25, 0.3) is 5.53 Å². The molecule has 0 bridgehead atoms. The Hall–Kier alpha value is -2.04. The van der Waals surface area contributed by atoms with E-state index < -0.39 is 6.10 Å². The van der Waals surface area contributed by atoms with E-state index >= 15 is 0 Å². The smallest absolute Gasteiger partial charge is 0.314 e. The number of nitrogens with zero attached hydrogens (tertiary/aromatic N) is 2. The highest BCUT2D eigenvalue weighted by Crippen LogP contribution is 2.27. The number of benzene rings is 1. The van der Waals surface area contributed by atoms with Gasteiger partial charge >= 0.3 is 6.34 Å². The molecule has 1 aromatic carbocycles. The molecule has 6 nitrogen and oxygen atoms in total. The Morgan fingerprint density at radius 2 is 2.13 bits per heavy atom. The fourth-order valence-corrected chi connectivity index (χ4v) is 1.07. The molecular weight excluding hydrogens is 198 g/mol. The van der Waals surface area contributed by atoms with Crippen LogP contribution in [0.2, 0.25) is 0 Å². The summed E-state index contributed by atoms with van der Waals surface area (Å²) in [6, 6.07) is 4.03. The van der Waals surface area contributed by atoms with Crippen LogP contribution in [0.1, 0.15) is 11.7 Å². The highest BCUT2D eigenvalue weighted by Gasteiger charge is 2.10. The first-order chi connectivity index (χ1) is 7.15. The number of phenolic OH excluding ortho intramolecular Hbond substituents is 2. The van der Waals surface area contributed by atoms with Crippen LogP contribution in [0.5, 0.6) is 11.5 Å². The maximum absolute atomic E-state index is 9.56. The molecule has 1 unspecified atom stereocenters. The number of hydrogen-bond donors (Lipinski definition) is 4. The van der Waals surface area contributed by atoms with Crippen molar-refractivity contribution < 1.29 is 20.1 Å². The summed E-state index contributed by atoms with van der Waals surface area (Å²) in [6.07, 6.45) is 0.165. The molecule has 80 valence electrons. The minimum absolute atomic E-state index is 0.133. The predicted molar refractivity (Wildman–Crippen MR) is 52.4 cm³/mol. The molecule has 0 aliphatic heterocycles. The van der Waals surface area contributed by atoms with Crippen molar-refractivity contribution in [2.45, 2.75) is 6.10 Å². The van der Waals surface area contributed by atoms with Crippen molar-refractivity contribution in [1.29, 1.82) is 0 Å². The fraction of sp³-hybridized carbons (Fsp3) is 0.222. The highest BCUT2D eigenvalue weighted by molar-refractivity contribution is 5.47. The lowest BCUT2D eigenvalue weighted by molar-refractivity contribution is -0.00208. The van der Waals surface area contributed by atoms with E-state index in [1.54, 1.807) is 0 Å². The Labute approximate surface area is 86.0 Å². The van der Waals surface area contributed by atoms with Gasteiger partial charge in [-0.25, -0.2) is 0 Å². The zero-order valence-electron chi connectivity index (χ0n) is 7.83. The number of aromatic hydroxyl groups is 2. The largest absolute Gasteiger partial charge is 0.504 e. The van der Waals surface area contributed by atoms with Crippen LogP contribution < -0.4 is 5.32 Å². The summed E-state index contributed by atoms with van der Waals surface area (Å²) in [5.74, 6) is -0.529. The number of rotatable bonds is 4. The van der Waals surface area contributed by atoms with E-state index in [0.29, 0.717) is 5.56 Å². The van der Waals surface area contributed by atoms with Gasteiger partial charge in [-0.2, -0.15) is 0 Å². The van der Waals surface area contributed by atoms with Crippen molar-refractivity contribution >= 4 is 6.34 Å². The van der Waals surface area contributed by atoms with Gasteiger partial charge in [0.1, 0.15) is 12.6 Å². The molecule has 4 N–H and O–H groups in total. The summed E-state index contributed by atoms with van der Waals surface area (Å²) in [4.78, 5) is 2.70. The summed E-state index contributed by atoms with van der Waals surface area (Å²) in [5.41, 5.74) is 8.53. The van der Waals surface area contributed by atoms with Crippen molar-refractivity contribution in [3.8, 4) is 11.5 Å². The SMILES string of the molecule is [N-]=[N+]=CNCC(O)c1ccc(O)c(O)c1. The monoisotopic (exact) mass is 209 g/mol. The van der Waals surface area contributed by atoms with Gasteiger partial charge in [-0.15, -0.1) is 0 Å². The molecule has 0 amide bonds. The minimum Gasteiger partial charge on any atom is -0.504 e. The summed E-state index contributed by atoms with van der Waals surface area (Å²) in [5, 5.41) is 30.3. The second-order valence-corrected chi connectivity index (χ2v) is 2.92. The van der Waals surface area contributed by atoms with E-state index in [1.807, 2.05) is 0 Å². The van der Waals surface area contributed by atoms with E-state index in [2.05, 4.69) is 10.1 Å². The van der Waals surface area contributed by atoms with Crippen molar-refractivity contribution in [1.82, 2.24) is 5.32 Å². The molecule has 1 rings (SSSR count). The van der Waals surface area contributed by atoms with Gasteiger partial charge in [0.25, 0.3) is 0 Å². The average molecular weight is 209 g/mol. The number of aliphatic hydroxyl groups is 1. The van der Waals surface area contributed by atoms with Crippen LogP contribution in [0.15, 0.2) is 18.2 Å². The second kappa shape index (κ2) is 4.99. The molecule has 0 aliphatic rings. The molecule has 0 aliphatic carbocycles. The number of hydrogen-bond acceptors (Lipinski definition) is 3. The standard InChI is InChI=1S/C9H11N3O3/c10-12-5-11-4-9(15)6-1-2-7(13)8(14)3-6/h1-3,5,9,11,13-15H,4H2. The maximum Gasteiger partial charge on any atom is 0.314 e. The number of aliphatic hydroxyl groups excluding tert-OH is 1. The van der Waals surface area contributed by atoms with Crippen LogP contribution in [0.4, 0.5) is 0 Å². The van der Waals surface area contributed by atoms with Crippen molar-refractivity contribution in [2.24, 2.45) is 0 Å². The van der Waals surface area contributed by atoms with Crippen molar-refractivity contribution in [2.75, 3.05) is 6.54 Å². The molecule has 0 saturated carbocycles. The van der Waals surface area contributed by atoms with E-state index in [4.69, 9.17) is 10.6 Å². The third kappa shape index (κ3) is 2.98. The predicted octanol–water partition coefficient (Wildman–Crippen LogP) is -0.0211. The zero-order valence-corrected chi connectivity index (χ0v) is 7.83. The third-order valence-electron chi connectivity index (χ3n) is 1.84. The van der Waals surface area contributed by atoms with Crippen LogP contribution in [0, 0.1) is 0 Å². The van der Waals surface area contributed by atoms with E-state index in [9.17, 15) is 10.2 Å². The lowest BCUT2D eigenvalue weighted by atomic mass is 10.1. The lowest BCUT2D eigenvalue weighted by Gasteiger charge is -2.08.